The Balaban J connectivity index is 1.51. The van der Waals surface area contributed by atoms with Crippen molar-refractivity contribution in [2.75, 3.05) is 25.1 Å². The van der Waals surface area contributed by atoms with E-state index in [1.807, 2.05) is 19.1 Å². The zero-order valence-corrected chi connectivity index (χ0v) is 12.2. The maximum absolute atomic E-state index is 9.87. The van der Waals surface area contributed by atoms with Crippen LogP contribution in [-0.4, -0.2) is 50.8 Å². The molecule has 0 bridgehead atoms. The van der Waals surface area contributed by atoms with Crippen molar-refractivity contribution in [3.8, 4) is 0 Å². The van der Waals surface area contributed by atoms with Crippen LogP contribution in [0.5, 0.6) is 0 Å². The normalized spacial score (nSPS) is 16.3. The second-order valence-corrected chi connectivity index (χ2v) is 5.47. The third-order valence-electron chi connectivity index (χ3n) is 3.52. The molecule has 1 fully saturated rings. The second kappa shape index (κ2) is 6.36. The Morgan fingerprint density at radius 1 is 1.43 bits per heavy atom. The molecule has 21 heavy (non-hydrogen) atoms. The molecule has 2 N–H and O–H groups in total. The molecule has 2 aromatic rings. The molecule has 1 saturated carbocycles. The van der Waals surface area contributed by atoms with Crippen molar-refractivity contribution in [1.29, 1.82) is 0 Å². The fourth-order valence-electron chi connectivity index (χ4n) is 2.08. The lowest BCUT2D eigenvalue weighted by Crippen LogP contribution is -2.25. The van der Waals surface area contributed by atoms with Crippen LogP contribution in [0.2, 0.25) is 0 Å². The Morgan fingerprint density at radius 3 is 3.05 bits per heavy atom. The number of aliphatic hydroxyl groups excluding tert-OH is 1. The summed E-state index contributed by atoms with van der Waals surface area (Å²) in [6, 6.07) is 3.69. The Bertz CT molecular complexity index is 596. The van der Waals surface area contributed by atoms with E-state index < -0.39 is 6.10 Å². The quantitative estimate of drug-likeness (QED) is 0.751. The molecule has 7 nitrogen and oxygen atoms in total. The molecule has 7 heteroatoms. The summed E-state index contributed by atoms with van der Waals surface area (Å²) in [5, 5.41) is 25.5. The van der Waals surface area contributed by atoms with Crippen molar-refractivity contribution < 1.29 is 9.84 Å². The molecule has 0 radical (unpaired) electrons. The zero-order valence-electron chi connectivity index (χ0n) is 12.2. The molecule has 2 heterocycles. The first-order valence-corrected chi connectivity index (χ1v) is 7.47. The van der Waals surface area contributed by atoms with Gasteiger partial charge < -0.3 is 15.2 Å². The van der Waals surface area contributed by atoms with Crippen molar-refractivity contribution >= 4 is 11.5 Å². The molecule has 1 atom stereocenters. The number of anilines is 1. The first kappa shape index (κ1) is 14.2. The number of fused-ring (bicyclic) bond motifs is 1. The first-order valence-electron chi connectivity index (χ1n) is 7.47. The van der Waals surface area contributed by atoms with Gasteiger partial charge in [-0.2, -0.15) is 4.52 Å². The molecule has 1 aliphatic carbocycles. The number of aliphatic hydroxyl groups is 1. The van der Waals surface area contributed by atoms with Crippen molar-refractivity contribution in [3.63, 3.8) is 0 Å². The van der Waals surface area contributed by atoms with Gasteiger partial charge in [0.15, 0.2) is 11.5 Å². The van der Waals surface area contributed by atoms with Crippen LogP contribution in [0.3, 0.4) is 0 Å². The van der Waals surface area contributed by atoms with Gasteiger partial charge in [-0.15, -0.1) is 15.3 Å². The van der Waals surface area contributed by atoms with Crippen LogP contribution in [0.15, 0.2) is 12.1 Å². The third kappa shape index (κ3) is 3.68. The summed E-state index contributed by atoms with van der Waals surface area (Å²) in [6.07, 6.45) is 2.76. The van der Waals surface area contributed by atoms with Crippen molar-refractivity contribution in [1.82, 2.24) is 19.8 Å². The summed E-state index contributed by atoms with van der Waals surface area (Å²) < 4.78 is 7.19. The summed E-state index contributed by atoms with van der Waals surface area (Å²) in [5.41, 5.74) is 0.728. The van der Waals surface area contributed by atoms with E-state index in [4.69, 9.17) is 4.74 Å². The van der Waals surface area contributed by atoms with Gasteiger partial charge >= 0.3 is 0 Å². The van der Waals surface area contributed by atoms with Crippen LogP contribution in [0.25, 0.3) is 5.65 Å². The highest BCUT2D eigenvalue weighted by atomic mass is 16.5. The number of aromatic nitrogens is 4. The molecule has 114 valence electrons. The monoisotopic (exact) mass is 291 g/mol. The molecule has 0 saturated heterocycles. The molecule has 1 unspecified atom stereocenters. The van der Waals surface area contributed by atoms with Crippen LogP contribution < -0.4 is 5.32 Å². The predicted octanol–water partition coefficient (Wildman–Crippen LogP) is 0.886. The van der Waals surface area contributed by atoms with Gasteiger partial charge in [0.2, 0.25) is 0 Å². The van der Waals surface area contributed by atoms with Crippen LogP contribution in [0.4, 0.5) is 5.82 Å². The number of ether oxygens (including phenoxy) is 1. The molecular formula is C14H21N5O2. The molecule has 1 aliphatic rings. The predicted molar refractivity (Wildman–Crippen MR) is 78.2 cm³/mol. The van der Waals surface area contributed by atoms with E-state index in [-0.39, 0.29) is 0 Å². The van der Waals surface area contributed by atoms with Gasteiger partial charge in [0.05, 0.1) is 12.7 Å². The van der Waals surface area contributed by atoms with Crippen LogP contribution >= 0.6 is 0 Å². The number of rotatable bonds is 8. The van der Waals surface area contributed by atoms with Crippen LogP contribution in [0.1, 0.15) is 25.6 Å². The maximum atomic E-state index is 9.87. The Labute approximate surface area is 123 Å². The average Bonchev–Trinajstić information content (AvgIpc) is 3.23. The highest BCUT2D eigenvalue weighted by molar-refractivity contribution is 5.43. The van der Waals surface area contributed by atoms with E-state index in [9.17, 15) is 5.11 Å². The zero-order chi connectivity index (χ0) is 14.7. The number of nitrogens with zero attached hydrogens (tertiary/aromatic N) is 4. The minimum atomic E-state index is -0.534. The Hall–Kier alpha value is -1.73. The lowest BCUT2D eigenvalue weighted by atomic mass is 10.3. The standard InChI is InChI=1S/C14H21N5O2/c1-2-13-16-17-14-6-5-12(18-19(13)14)15-7-11(20)9-21-8-10-3-4-10/h5-6,10-11,20H,2-4,7-9H2,1H3,(H,15,18). The lowest BCUT2D eigenvalue weighted by Gasteiger charge is -2.12. The molecule has 0 aromatic carbocycles. The molecule has 2 aromatic heterocycles. The van der Waals surface area contributed by atoms with Gasteiger partial charge in [-0.1, -0.05) is 6.92 Å². The fourth-order valence-corrected chi connectivity index (χ4v) is 2.08. The van der Waals surface area contributed by atoms with Gasteiger partial charge in [-0.25, -0.2) is 0 Å². The fraction of sp³-hybridized carbons (Fsp3) is 0.643. The van der Waals surface area contributed by atoms with E-state index in [1.165, 1.54) is 12.8 Å². The summed E-state index contributed by atoms with van der Waals surface area (Å²) in [4.78, 5) is 0. The van der Waals surface area contributed by atoms with E-state index in [1.54, 1.807) is 4.52 Å². The minimum absolute atomic E-state index is 0.360. The summed E-state index contributed by atoms with van der Waals surface area (Å²) in [5.74, 6) is 2.23. The van der Waals surface area contributed by atoms with Gasteiger partial charge in [-0.3, -0.25) is 0 Å². The number of aryl methyl sites for hydroxylation is 1. The van der Waals surface area contributed by atoms with E-state index in [0.29, 0.717) is 19.0 Å². The first-order chi connectivity index (χ1) is 10.3. The van der Waals surface area contributed by atoms with Gasteiger partial charge in [0, 0.05) is 19.6 Å². The van der Waals surface area contributed by atoms with Crippen LogP contribution in [-0.2, 0) is 11.2 Å². The van der Waals surface area contributed by atoms with Gasteiger partial charge in [-0.05, 0) is 30.9 Å². The third-order valence-corrected chi connectivity index (χ3v) is 3.52. The number of hydrogen-bond acceptors (Lipinski definition) is 6. The summed E-state index contributed by atoms with van der Waals surface area (Å²) in [6.45, 7) is 3.55. The molecular weight excluding hydrogens is 270 g/mol. The smallest absolute Gasteiger partial charge is 0.178 e. The van der Waals surface area contributed by atoms with Crippen molar-refractivity contribution in [2.24, 2.45) is 5.92 Å². The highest BCUT2D eigenvalue weighted by Gasteiger charge is 2.21. The topological polar surface area (TPSA) is 84.6 Å². The molecule has 0 amide bonds. The SMILES string of the molecule is CCc1nnc2ccc(NCC(O)COCC3CC3)nn12. The number of hydrogen-bond donors (Lipinski definition) is 2. The maximum Gasteiger partial charge on any atom is 0.178 e. The van der Waals surface area contributed by atoms with Crippen molar-refractivity contribution in [3.05, 3.63) is 18.0 Å². The largest absolute Gasteiger partial charge is 0.389 e. The average molecular weight is 291 g/mol. The van der Waals surface area contributed by atoms with E-state index in [0.717, 1.165) is 30.4 Å². The lowest BCUT2D eigenvalue weighted by molar-refractivity contribution is 0.0385. The minimum Gasteiger partial charge on any atom is -0.389 e. The van der Waals surface area contributed by atoms with E-state index >= 15 is 0 Å². The summed E-state index contributed by atoms with van der Waals surface area (Å²) in [7, 11) is 0. The Kier molecular flexibility index (Phi) is 4.31. The van der Waals surface area contributed by atoms with Crippen LogP contribution in [0, 0.1) is 5.92 Å². The number of nitrogens with one attached hydrogen (secondary N) is 1. The van der Waals surface area contributed by atoms with E-state index in [2.05, 4.69) is 20.6 Å². The molecule has 0 spiro atoms. The van der Waals surface area contributed by atoms with Gasteiger partial charge in [0.25, 0.3) is 0 Å². The Morgan fingerprint density at radius 2 is 2.29 bits per heavy atom. The second-order valence-electron chi connectivity index (χ2n) is 5.47. The van der Waals surface area contributed by atoms with Gasteiger partial charge in [0.1, 0.15) is 5.82 Å². The molecule has 0 aliphatic heterocycles. The molecule has 3 rings (SSSR count). The summed E-state index contributed by atoms with van der Waals surface area (Å²) >= 11 is 0. The highest BCUT2D eigenvalue weighted by Crippen LogP contribution is 2.28. The van der Waals surface area contributed by atoms with Crippen molar-refractivity contribution in [2.45, 2.75) is 32.3 Å².